The number of aromatic hydroxyl groups is 1. The highest BCUT2D eigenvalue weighted by atomic mass is 19.1. The molecule has 5 nitrogen and oxygen atoms in total. The minimum absolute atomic E-state index is 0.0196. The number of hydrazine groups is 1. The van der Waals surface area contributed by atoms with Gasteiger partial charge in [0.1, 0.15) is 18.2 Å². The van der Waals surface area contributed by atoms with E-state index in [1.165, 1.54) is 6.07 Å². The molecule has 114 valence electrons. The van der Waals surface area contributed by atoms with Crippen molar-refractivity contribution in [3.63, 3.8) is 0 Å². The zero-order chi connectivity index (χ0) is 15.7. The number of benzene rings is 2. The number of phenols is 1. The number of para-hydroxylation sites is 1. The number of phenolic OH excluding ortho intramolecular Hbond substituents is 1. The van der Waals surface area contributed by atoms with Gasteiger partial charge in [-0.1, -0.05) is 18.2 Å². The van der Waals surface area contributed by atoms with E-state index in [1.807, 2.05) is 0 Å². The first-order valence-electron chi connectivity index (χ1n) is 6.50. The van der Waals surface area contributed by atoms with E-state index in [-0.39, 0.29) is 18.0 Å². The minimum Gasteiger partial charge on any atom is -0.508 e. The van der Waals surface area contributed by atoms with Crippen molar-refractivity contribution in [1.82, 2.24) is 5.43 Å². The molecule has 0 aromatic heterocycles. The number of anilines is 1. The third-order valence-corrected chi connectivity index (χ3v) is 3.24. The Morgan fingerprint density at radius 3 is 2.73 bits per heavy atom. The van der Waals surface area contributed by atoms with Crippen LogP contribution in [0.3, 0.4) is 0 Å². The molecule has 1 amide bonds. The quantitative estimate of drug-likeness (QED) is 0.893. The van der Waals surface area contributed by atoms with Crippen LogP contribution >= 0.6 is 0 Å². The lowest BCUT2D eigenvalue weighted by atomic mass is 10.1. The van der Waals surface area contributed by atoms with Crippen LogP contribution in [-0.2, 0) is 9.53 Å². The van der Waals surface area contributed by atoms with Crippen molar-refractivity contribution in [2.75, 3.05) is 11.6 Å². The van der Waals surface area contributed by atoms with Crippen LogP contribution in [0.25, 0.3) is 0 Å². The number of nitrogens with zero attached hydrogens (tertiary/aromatic N) is 1. The first-order valence-corrected chi connectivity index (χ1v) is 6.50. The number of rotatable bonds is 2. The Bertz CT molecular complexity index is 724. The molecule has 22 heavy (non-hydrogen) atoms. The Hall–Kier alpha value is -2.51. The van der Waals surface area contributed by atoms with E-state index >= 15 is 0 Å². The highest BCUT2D eigenvalue weighted by molar-refractivity contribution is 5.94. The lowest BCUT2D eigenvalue weighted by molar-refractivity contribution is -0.133. The molecule has 0 radical (unpaired) electrons. The maximum absolute atomic E-state index is 13.9. The molecule has 0 saturated carbocycles. The van der Waals surface area contributed by atoms with E-state index in [0.717, 1.165) is 17.1 Å². The maximum Gasteiger partial charge on any atom is 0.267 e. The topological polar surface area (TPSA) is 61.8 Å². The molecule has 3 rings (SSSR count). The Balaban J connectivity index is 1.91. The average Bonchev–Trinajstić information content (AvgIpc) is 2.49. The van der Waals surface area contributed by atoms with Gasteiger partial charge < -0.3 is 9.84 Å². The zero-order valence-corrected chi connectivity index (χ0v) is 11.3. The predicted molar refractivity (Wildman–Crippen MR) is 73.8 cm³/mol. The van der Waals surface area contributed by atoms with Crippen molar-refractivity contribution in [3.8, 4) is 5.75 Å². The Kier molecular flexibility index (Phi) is 3.74. The molecular formula is C15H12F2N2O3. The Labute approximate surface area is 124 Å². The molecule has 1 aliphatic rings. The molecule has 2 aromatic rings. The monoisotopic (exact) mass is 306 g/mol. The smallest absolute Gasteiger partial charge is 0.267 e. The summed E-state index contributed by atoms with van der Waals surface area (Å²) in [6, 6.07) is 9.32. The van der Waals surface area contributed by atoms with Gasteiger partial charge in [0.25, 0.3) is 5.91 Å². The van der Waals surface area contributed by atoms with Crippen molar-refractivity contribution in [1.29, 1.82) is 0 Å². The van der Waals surface area contributed by atoms with Gasteiger partial charge in [0, 0.05) is 11.6 Å². The van der Waals surface area contributed by atoms with Gasteiger partial charge in [-0.05, 0) is 18.2 Å². The summed E-state index contributed by atoms with van der Waals surface area (Å²) in [7, 11) is 0. The van der Waals surface area contributed by atoms with Gasteiger partial charge in [-0.3, -0.25) is 4.79 Å². The summed E-state index contributed by atoms with van der Waals surface area (Å²) in [4.78, 5) is 11.9. The van der Waals surface area contributed by atoms with E-state index in [1.54, 1.807) is 18.2 Å². The van der Waals surface area contributed by atoms with Crippen LogP contribution in [0, 0.1) is 11.6 Å². The minimum atomic E-state index is -0.876. The fourth-order valence-corrected chi connectivity index (χ4v) is 2.18. The second-order valence-corrected chi connectivity index (χ2v) is 4.70. The highest BCUT2D eigenvalue weighted by Gasteiger charge is 2.30. The first-order chi connectivity index (χ1) is 10.6. The fraction of sp³-hybridized carbons (Fsp3) is 0.133. The van der Waals surface area contributed by atoms with E-state index in [0.29, 0.717) is 11.6 Å². The zero-order valence-electron chi connectivity index (χ0n) is 11.3. The normalized spacial score (nSPS) is 18.5. The summed E-state index contributed by atoms with van der Waals surface area (Å²) < 4.78 is 32.2. The molecule has 1 heterocycles. The van der Waals surface area contributed by atoms with E-state index in [9.17, 15) is 18.7 Å². The number of amides is 1. The molecule has 1 saturated heterocycles. The molecule has 1 aliphatic heterocycles. The summed E-state index contributed by atoms with van der Waals surface area (Å²) in [6.07, 6.45) is -0.830. The number of carbonyl (C=O) groups is 1. The Morgan fingerprint density at radius 2 is 2.00 bits per heavy atom. The summed E-state index contributed by atoms with van der Waals surface area (Å²) in [5, 5.41) is 10.8. The third-order valence-electron chi connectivity index (χ3n) is 3.24. The predicted octanol–water partition coefficient (Wildman–Crippen LogP) is 2.24. The molecule has 2 aromatic carbocycles. The van der Waals surface area contributed by atoms with E-state index in [2.05, 4.69) is 5.43 Å². The number of hydrogen-bond acceptors (Lipinski definition) is 4. The lowest BCUT2D eigenvalue weighted by Crippen LogP contribution is -2.52. The van der Waals surface area contributed by atoms with Gasteiger partial charge in [0.05, 0.1) is 5.69 Å². The average molecular weight is 306 g/mol. The van der Waals surface area contributed by atoms with Crippen molar-refractivity contribution >= 4 is 11.6 Å². The van der Waals surface area contributed by atoms with Crippen LogP contribution in [0.2, 0.25) is 0 Å². The number of nitrogens with one attached hydrogen (secondary N) is 1. The number of carbonyl (C=O) groups excluding carboxylic acids is 1. The maximum atomic E-state index is 13.9. The van der Waals surface area contributed by atoms with Crippen LogP contribution in [0.1, 0.15) is 11.8 Å². The van der Waals surface area contributed by atoms with Gasteiger partial charge in [0.15, 0.2) is 12.0 Å². The van der Waals surface area contributed by atoms with E-state index < -0.39 is 23.8 Å². The van der Waals surface area contributed by atoms with Crippen molar-refractivity contribution in [2.45, 2.75) is 6.23 Å². The van der Waals surface area contributed by atoms with Gasteiger partial charge in [0.2, 0.25) is 0 Å². The molecule has 0 aliphatic carbocycles. The molecule has 2 N–H and O–H groups in total. The summed E-state index contributed by atoms with van der Waals surface area (Å²) in [5.74, 6) is -2.16. The highest BCUT2D eigenvalue weighted by Crippen LogP contribution is 2.29. The molecule has 7 heteroatoms. The summed E-state index contributed by atoms with van der Waals surface area (Å²) in [6.45, 7) is -0.303. The second kappa shape index (κ2) is 5.70. The van der Waals surface area contributed by atoms with Crippen LogP contribution in [-0.4, -0.2) is 17.6 Å². The van der Waals surface area contributed by atoms with Crippen LogP contribution in [0.15, 0.2) is 42.5 Å². The fourth-order valence-electron chi connectivity index (χ4n) is 2.18. The molecule has 1 atom stereocenters. The Morgan fingerprint density at radius 1 is 1.23 bits per heavy atom. The van der Waals surface area contributed by atoms with Gasteiger partial charge in [-0.15, -0.1) is 0 Å². The number of halogens is 2. The van der Waals surface area contributed by atoms with Crippen LogP contribution < -0.4 is 10.4 Å². The lowest BCUT2D eigenvalue weighted by Gasteiger charge is -2.34. The molecular weight excluding hydrogens is 294 g/mol. The van der Waals surface area contributed by atoms with Crippen LogP contribution in [0.5, 0.6) is 5.75 Å². The molecule has 0 bridgehead atoms. The van der Waals surface area contributed by atoms with Gasteiger partial charge >= 0.3 is 0 Å². The van der Waals surface area contributed by atoms with Gasteiger partial charge in [-0.2, -0.15) is 5.43 Å². The molecule has 0 spiro atoms. The first kappa shape index (κ1) is 14.4. The molecule has 1 fully saturated rings. The number of ether oxygens (including phenoxy) is 1. The van der Waals surface area contributed by atoms with Crippen molar-refractivity contribution in [3.05, 3.63) is 59.7 Å². The van der Waals surface area contributed by atoms with Crippen molar-refractivity contribution in [2.24, 2.45) is 0 Å². The van der Waals surface area contributed by atoms with Crippen molar-refractivity contribution < 1.29 is 23.4 Å². The standard InChI is InChI=1S/C15H12F2N2O3/c16-9-5-6-12(11(17)7-9)19-14(21)8-22-15(18-19)10-3-1-2-4-13(10)20/h1-7,15,18,20H,8H2. The summed E-state index contributed by atoms with van der Waals surface area (Å²) >= 11 is 0. The SMILES string of the molecule is O=C1COC(c2ccccc2O)NN1c1ccc(F)cc1F. The third kappa shape index (κ3) is 2.63. The largest absolute Gasteiger partial charge is 0.508 e. The van der Waals surface area contributed by atoms with E-state index in [4.69, 9.17) is 4.74 Å². The second-order valence-electron chi connectivity index (χ2n) is 4.70. The van der Waals surface area contributed by atoms with Gasteiger partial charge in [-0.25, -0.2) is 13.8 Å². The summed E-state index contributed by atoms with van der Waals surface area (Å²) in [5.41, 5.74) is 2.97. The number of hydrogen-bond donors (Lipinski definition) is 2. The molecule has 1 unspecified atom stereocenters. The van der Waals surface area contributed by atoms with Crippen LogP contribution in [0.4, 0.5) is 14.5 Å².